The van der Waals surface area contributed by atoms with E-state index in [0.29, 0.717) is 12.0 Å². The SMILES string of the molecule is O=C1[C@H](c2ccc(Cl)c(F)c2)N2C(=O)CCN(C(=O)O)[C@H]2CN1CCc1cccc(F)c1. The van der Waals surface area contributed by atoms with Crippen LogP contribution in [0.1, 0.15) is 23.6 Å². The predicted octanol–water partition coefficient (Wildman–Crippen LogP) is 3.28. The van der Waals surface area contributed by atoms with Gasteiger partial charge < -0.3 is 14.9 Å². The molecule has 0 spiro atoms. The van der Waals surface area contributed by atoms with Crippen molar-refractivity contribution in [1.82, 2.24) is 14.7 Å². The number of hydrogen-bond donors (Lipinski definition) is 1. The van der Waals surface area contributed by atoms with E-state index >= 15 is 0 Å². The van der Waals surface area contributed by atoms with Crippen LogP contribution in [-0.4, -0.2) is 63.5 Å². The van der Waals surface area contributed by atoms with Gasteiger partial charge in [0, 0.05) is 19.5 Å². The zero-order valence-electron chi connectivity index (χ0n) is 16.9. The summed E-state index contributed by atoms with van der Waals surface area (Å²) in [7, 11) is 0. The second-order valence-corrected chi connectivity index (χ2v) is 8.16. The number of amides is 3. The van der Waals surface area contributed by atoms with Crippen LogP contribution in [0.5, 0.6) is 0 Å². The highest BCUT2D eigenvalue weighted by molar-refractivity contribution is 6.30. The molecule has 2 aliphatic rings. The van der Waals surface area contributed by atoms with Crippen LogP contribution in [0.15, 0.2) is 42.5 Å². The van der Waals surface area contributed by atoms with Crippen LogP contribution in [-0.2, 0) is 16.0 Å². The third-order valence-corrected chi connectivity index (χ3v) is 6.11. The van der Waals surface area contributed by atoms with E-state index in [1.54, 1.807) is 12.1 Å². The summed E-state index contributed by atoms with van der Waals surface area (Å²) < 4.78 is 27.7. The molecule has 2 aromatic rings. The number of carbonyl (C=O) groups excluding carboxylic acids is 2. The molecule has 2 heterocycles. The first-order chi connectivity index (χ1) is 15.3. The lowest BCUT2D eigenvalue weighted by Gasteiger charge is -2.51. The molecule has 0 radical (unpaired) electrons. The Kier molecular flexibility index (Phi) is 6.01. The number of halogens is 3. The van der Waals surface area contributed by atoms with Crippen molar-refractivity contribution in [2.75, 3.05) is 19.6 Å². The van der Waals surface area contributed by atoms with E-state index in [9.17, 15) is 28.3 Å². The van der Waals surface area contributed by atoms with E-state index < -0.39 is 35.8 Å². The Morgan fingerprint density at radius 1 is 1.16 bits per heavy atom. The van der Waals surface area contributed by atoms with E-state index in [0.717, 1.165) is 11.0 Å². The Bertz CT molecular complexity index is 1080. The minimum atomic E-state index is -1.21. The Labute approximate surface area is 187 Å². The number of fused-ring (bicyclic) bond motifs is 1. The van der Waals surface area contributed by atoms with Gasteiger partial charge >= 0.3 is 6.09 Å². The number of carboxylic acid groups (broad SMARTS) is 1. The van der Waals surface area contributed by atoms with Crippen molar-refractivity contribution in [3.8, 4) is 0 Å². The molecule has 1 N–H and O–H groups in total. The summed E-state index contributed by atoms with van der Waals surface area (Å²) in [5.41, 5.74) is 0.877. The van der Waals surface area contributed by atoms with Gasteiger partial charge in [0.05, 0.1) is 11.6 Å². The van der Waals surface area contributed by atoms with Crippen LogP contribution in [0.3, 0.4) is 0 Å². The highest BCUT2D eigenvalue weighted by atomic mass is 35.5. The fourth-order valence-electron chi connectivity index (χ4n) is 4.26. The van der Waals surface area contributed by atoms with Crippen molar-refractivity contribution >= 4 is 29.5 Å². The van der Waals surface area contributed by atoms with Crippen molar-refractivity contribution in [2.45, 2.75) is 25.0 Å². The number of rotatable bonds is 4. The van der Waals surface area contributed by atoms with Gasteiger partial charge in [-0.1, -0.05) is 29.8 Å². The first-order valence-electron chi connectivity index (χ1n) is 10.0. The van der Waals surface area contributed by atoms with E-state index in [-0.39, 0.29) is 42.5 Å². The monoisotopic (exact) mass is 463 g/mol. The quantitative estimate of drug-likeness (QED) is 0.754. The zero-order valence-corrected chi connectivity index (χ0v) is 17.6. The number of piperazine rings is 1. The highest BCUT2D eigenvalue weighted by Crippen LogP contribution is 2.35. The topological polar surface area (TPSA) is 81.2 Å². The summed E-state index contributed by atoms with van der Waals surface area (Å²) in [6.07, 6.45) is -1.87. The molecule has 2 saturated heterocycles. The number of hydrogen-bond acceptors (Lipinski definition) is 3. The summed E-state index contributed by atoms with van der Waals surface area (Å²) in [5, 5.41) is 9.53. The molecule has 0 unspecified atom stereocenters. The van der Waals surface area contributed by atoms with Gasteiger partial charge in [-0.25, -0.2) is 13.6 Å². The molecule has 32 heavy (non-hydrogen) atoms. The third kappa shape index (κ3) is 4.12. The van der Waals surface area contributed by atoms with Crippen LogP contribution in [0.25, 0.3) is 0 Å². The molecule has 3 amide bonds. The Hall–Kier alpha value is -3.20. The van der Waals surface area contributed by atoms with Gasteiger partial charge in [-0.15, -0.1) is 0 Å². The smallest absolute Gasteiger partial charge is 0.409 e. The summed E-state index contributed by atoms with van der Waals surface area (Å²) in [5.74, 6) is -1.99. The molecular weight excluding hydrogens is 444 g/mol. The maximum atomic E-state index is 14.2. The van der Waals surface area contributed by atoms with Gasteiger partial charge in [0.25, 0.3) is 0 Å². The van der Waals surface area contributed by atoms with Gasteiger partial charge in [0.15, 0.2) is 0 Å². The van der Waals surface area contributed by atoms with Crippen LogP contribution in [0.2, 0.25) is 5.02 Å². The molecule has 2 atom stereocenters. The normalized spacial score (nSPS) is 21.0. The highest BCUT2D eigenvalue weighted by Gasteiger charge is 2.49. The Morgan fingerprint density at radius 2 is 1.94 bits per heavy atom. The Balaban J connectivity index is 1.69. The van der Waals surface area contributed by atoms with Gasteiger partial charge in [-0.05, 0) is 41.8 Å². The molecule has 168 valence electrons. The first kappa shape index (κ1) is 22.0. The lowest BCUT2D eigenvalue weighted by atomic mass is 9.97. The lowest BCUT2D eigenvalue weighted by Crippen LogP contribution is -2.68. The Morgan fingerprint density at radius 3 is 2.62 bits per heavy atom. The maximum Gasteiger partial charge on any atom is 0.409 e. The second-order valence-electron chi connectivity index (χ2n) is 7.75. The average molecular weight is 464 g/mol. The van der Waals surface area contributed by atoms with Crippen molar-refractivity contribution in [3.63, 3.8) is 0 Å². The lowest BCUT2D eigenvalue weighted by molar-refractivity contribution is -0.168. The molecule has 4 rings (SSSR count). The van der Waals surface area contributed by atoms with Crippen LogP contribution in [0, 0.1) is 11.6 Å². The van der Waals surface area contributed by atoms with Crippen molar-refractivity contribution in [1.29, 1.82) is 0 Å². The summed E-state index contributed by atoms with van der Waals surface area (Å²) in [6, 6.07) is 8.61. The van der Waals surface area contributed by atoms with E-state index in [1.165, 1.54) is 34.1 Å². The summed E-state index contributed by atoms with van der Waals surface area (Å²) >= 11 is 5.78. The minimum Gasteiger partial charge on any atom is -0.465 e. The van der Waals surface area contributed by atoms with Crippen LogP contribution in [0.4, 0.5) is 13.6 Å². The van der Waals surface area contributed by atoms with Gasteiger partial charge in [0.1, 0.15) is 23.8 Å². The van der Waals surface area contributed by atoms with Gasteiger partial charge in [-0.2, -0.15) is 0 Å². The standard InChI is InChI=1S/C22H20ClF2N3O4/c23-16-5-4-14(11-17(16)25)20-21(30)26(8-6-13-2-1-3-15(24)10-13)12-18-27(22(31)32)9-7-19(29)28(18)20/h1-5,10-11,18,20H,6-9,12H2,(H,31,32)/t18-,20+/m1/s1. The molecule has 2 fully saturated rings. The minimum absolute atomic E-state index is 0.00294. The predicted molar refractivity (Wildman–Crippen MR) is 111 cm³/mol. The molecule has 2 aliphatic heterocycles. The third-order valence-electron chi connectivity index (χ3n) is 5.81. The fourth-order valence-corrected chi connectivity index (χ4v) is 4.38. The number of benzene rings is 2. The number of nitrogens with zero attached hydrogens (tertiary/aromatic N) is 3. The van der Waals surface area contributed by atoms with Crippen molar-refractivity contribution in [2.24, 2.45) is 0 Å². The number of carbonyl (C=O) groups is 3. The fraction of sp³-hybridized carbons (Fsp3) is 0.318. The average Bonchev–Trinajstić information content (AvgIpc) is 2.75. The van der Waals surface area contributed by atoms with E-state index in [4.69, 9.17) is 11.6 Å². The van der Waals surface area contributed by atoms with Crippen LogP contribution < -0.4 is 0 Å². The van der Waals surface area contributed by atoms with Crippen molar-refractivity contribution < 1.29 is 28.3 Å². The molecular formula is C22H20ClF2N3O4. The molecule has 10 heteroatoms. The summed E-state index contributed by atoms with van der Waals surface area (Å²) in [4.78, 5) is 41.8. The van der Waals surface area contributed by atoms with Gasteiger partial charge in [0.2, 0.25) is 11.8 Å². The van der Waals surface area contributed by atoms with E-state index in [2.05, 4.69) is 0 Å². The van der Waals surface area contributed by atoms with E-state index in [1.807, 2.05) is 0 Å². The second kappa shape index (κ2) is 8.74. The largest absolute Gasteiger partial charge is 0.465 e. The molecule has 0 aromatic heterocycles. The van der Waals surface area contributed by atoms with Gasteiger partial charge in [-0.3, -0.25) is 14.5 Å². The van der Waals surface area contributed by atoms with Crippen LogP contribution >= 0.6 is 11.6 Å². The zero-order chi connectivity index (χ0) is 23.0. The molecule has 2 aromatic carbocycles. The first-order valence-corrected chi connectivity index (χ1v) is 10.4. The molecule has 0 bridgehead atoms. The summed E-state index contributed by atoms with van der Waals surface area (Å²) in [6.45, 7) is 0.155. The molecule has 0 aliphatic carbocycles. The molecule has 0 saturated carbocycles. The van der Waals surface area contributed by atoms with Crippen molar-refractivity contribution in [3.05, 3.63) is 70.2 Å². The maximum absolute atomic E-state index is 14.2. The molecule has 7 nitrogen and oxygen atoms in total.